The number of aromatic hydroxyl groups is 1. The van der Waals surface area contributed by atoms with Crippen LogP contribution in [0.25, 0.3) is 0 Å². The topological polar surface area (TPSA) is 60.9 Å². The molecule has 26 heavy (non-hydrogen) atoms. The van der Waals surface area contributed by atoms with Crippen LogP contribution in [0.1, 0.15) is 34.1 Å². The third-order valence-corrected chi connectivity index (χ3v) is 4.92. The predicted octanol–water partition coefficient (Wildman–Crippen LogP) is 3.60. The number of benzene rings is 2. The van der Waals surface area contributed by atoms with Crippen molar-refractivity contribution in [3.05, 3.63) is 58.6 Å². The van der Waals surface area contributed by atoms with E-state index in [4.69, 9.17) is 11.6 Å². The van der Waals surface area contributed by atoms with Crippen LogP contribution in [-0.4, -0.2) is 47.9 Å². The first-order valence-electron chi connectivity index (χ1n) is 8.60. The summed E-state index contributed by atoms with van der Waals surface area (Å²) in [5.41, 5.74) is 1.59. The van der Waals surface area contributed by atoms with Gasteiger partial charge in [-0.25, -0.2) is 0 Å². The number of carbonyl (C=O) groups excluding carboxylic acids is 2. The zero-order valence-corrected chi connectivity index (χ0v) is 15.4. The lowest BCUT2D eigenvalue weighted by Crippen LogP contribution is -2.35. The molecule has 6 heteroatoms. The van der Waals surface area contributed by atoms with Crippen molar-refractivity contribution in [3.8, 4) is 5.75 Å². The van der Waals surface area contributed by atoms with Gasteiger partial charge in [0.1, 0.15) is 5.75 Å². The number of para-hydroxylation sites is 1. The number of anilines is 1. The van der Waals surface area contributed by atoms with E-state index < -0.39 is 0 Å². The molecule has 0 bridgehead atoms. The summed E-state index contributed by atoms with van der Waals surface area (Å²) < 4.78 is 0. The fourth-order valence-electron chi connectivity index (χ4n) is 3.21. The fraction of sp³-hybridized carbons (Fsp3) is 0.300. The van der Waals surface area contributed by atoms with E-state index in [0.29, 0.717) is 30.2 Å². The Hall–Kier alpha value is -2.53. The van der Waals surface area contributed by atoms with E-state index in [2.05, 4.69) is 4.90 Å². The van der Waals surface area contributed by atoms with Gasteiger partial charge in [0.2, 0.25) is 0 Å². The van der Waals surface area contributed by atoms with Crippen LogP contribution in [0.5, 0.6) is 5.75 Å². The standard InChI is InChI=1S/C20H21ClN2O3/c1-14(24)16-8-7-15(13-19(16)25)20(26)23-10-4-9-22(11-12-23)18-6-3-2-5-17(18)21/h2-3,5-8,13,25H,4,9-12H2,1H3. The number of rotatable bonds is 3. The van der Waals surface area contributed by atoms with Crippen molar-refractivity contribution in [1.29, 1.82) is 0 Å². The van der Waals surface area contributed by atoms with Gasteiger partial charge in [-0.15, -0.1) is 0 Å². The van der Waals surface area contributed by atoms with Crippen molar-refractivity contribution in [2.24, 2.45) is 0 Å². The summed E-state index contributed by atoms with van der Waals surface area (Å²) >= 11 is 6.29. The van der Waals surface area contributed by atoms with Crippen molar-refractivity contribution in [1.82, 2.24) is 4.90 Å². The molecular weight excluding hydrogens is 352 g/mol. The number of phenols is 1. The van der Waals surface area contributed by atoms with E-state index in [1.807, 2.05) is 24.3 Å². The SMILES string of the molecule is CC(=O)c1ccc(C(=O)N2CCCN(c3ccccc3Cl)CC2)cc1O. The van der Waals surface area contributed by atoms with Gasteiger partial charge in [-0.05, 0) is 43.7 Å². The van der Waals surface area contributed by atoms with Gasteiger partial charge in [0.25, 0.3) is 5.91 Å². The van der Waals surface area contributed by atoms with Crippen molar-refractivity contribution in [2.75, 3.05) is 31.1 Å². The van der Waals surface area contributed by atoms with Gasteiger partial charge in [-0.3, -0.25) is 9.59 Å². The predicted molar refractivity (Wildman–Crippen MR) is 102 cm³/mol. The van der Waals surface area contributed by atoms with Gasteiger partial charge >= 0.3 is 0 Å². The molecule has 1 N–H and O–H groups in total. The van der Waals surface area contributed by atoms with Crippen molar-refractivity contribution < 1.29 is 14.7 Å². The van der Waals surface area contributed by atoms with Gasteiger partial charge in [0.05, 0.1) is 16.3 Å². The summed E-state index contributed by atoms with van der Waals surface area (Å²) in [7, 11) is 0. The lowest BCUT2D eigenvalue weighted by molar-refractivity contribution is 0.0766. The minimum absolute atomic E-state index is 0.142. The molecule has 2 aromatic rings. The maximum Gasteiger partial charge on any atom is 0.254 e. The first-order valence-corrected chi connectivity index (χ1v) is 8.98. The number of hydrogen-bond acceptors (Lipinski definition) is 4. The molecule has 0 unspecified atom stereocenters. The van der Waals surface area contributed by atoms with Crippen LogP contribution >= 0.6 is 11.6 Å². The largest absolute Gasteiger partial charge is 0.507 e. The first-order chi connectivity index (χ1) is 12.5. The number of carbonyl (C=O) groups is 2. The molecule has 0 aliphatic carbocycles. The Labute approximate surface area is 157 Å². The molecule has 1 fully saturated rings. The molecule has 1 amide bonds. The number of amides is 1. The second kappa shape index (κ2) is 7.79. The molecule has 5 nitrogen and oxygen atoms in total. The summed E-state index contributed by atoms with van der Waals surface area (Å²) in [5.74, 6) is -0.529. The van der Waals surface area contributed by atoms with Gasteiger partial charge < -0.3 is 14.9 Å². The Balaban J connectivity index is 1.73. The summed E-state index contributed by atoms with van der Waals surface area (Å²) in [4.78, 5) is 28.2. The molecule has 1 saturated heterocycles. The lowest BCUT2D eigenvalue weighted by atomic mass is 10.1. The fourth-order valence-corrected chi connectivity index (χ4v) is 3.47. The Morgan fingerprint density at radius 1 is 1.04 bits per heavy atom. The monoisotopic (exact) mass is 372 g/mol. The molecule has 0 spiro atoms. The molecule has 3 rings (SSSR count). The summed E-state index contributed by atoms with van der Waals surface area (Å²) in [5, 5.41) is 10.7. The second-order valence-electron chi connectivity index (χ2n) is 6.37. The maximum atomic E-state index is 12.8. The third kappa shape index (κ3) is 3.83. The molecule has 1 aliphatic heterocycles. The average Bonchev–Trinajstić information content (AvgIpc) is 2.87. The highest BCUT2D eigenvalue weighted by Gasteiger charge is 2.22. The Bertz CT molecular complexity index is 838. The number of nitrogens with zero attached hydrogens (tertiary/aromatic N) is 2. The van der Waals surface area contributed by atoms with Crippen LogP contribution < -0.4 is 4.90 Å². The zero-order chi connectivity index (χ0) is 18.7. The van der Waals surface area contributed by atoms with Crippen molar-refractivity contribution in [2.45, 2.75) is 13.3 Å². The van der Waals surface area contributed by atoms with Crippen molar-refractivity contribution >= 4 is 29.0 Å². The molecule has 0 radical (unpaired) electrons. The molecule has 136 valence electrons. The average molecular weight is 373 g/mol. The van der Waals surface area contributed by atoms with E-state index >= 15 is 0 Å². The quantitative estimate of drug-likeness (QED) is 0.836. The molecule has 1 aliphatic rings. The van der Waals surface area contributed by atoms with Crippen molar-refractivity contribution in [3.63, 3.8) is 0 Å². The number of phenolic OH excluding ortho intramolecular Hbond substituents is 1. The summed E-state index contributed by atoms with van der Waals surface area (Å²) in [6.45, 7) is 4.10. The minimum Gasteiger partial charge on any atom is -0.507 e. The highest BCUT2D eigenvalue weighted by molar-refractivity contribution is 6.33. The maximum absolute atomic E-state index is 12.8. The molecule has 0 atom stereocenters. The highest BCUT2D eigenvalue weighted by atomic mass is 35.5. The van der Waals surface area contributed by atoms with E-state index in [9.17, 15) is 14.7 Å². The number of Topliss-reactive ketones (excluding diaryl/α,β-unsaturated/α-hetero) is 1. The van der Waals surface area contributed by atoms with Gasteiger partial charge in [0.15, 0.2) is 5.78 Å². The van der Waals surface area contributed by atoms with E-state index in [-0.39, 0.29) is 23.0 Å². The van der Waals surface area contributed by atoms with Crippen LogP contribution in [0.15, 0.2) is 42.5 Å². The van der Waals surface area contributed by atoms with E-state index in [0.717, 1.165) is 18.7 Å². The molecule has 1 heterocycles. The first kappa shape index (κ1) is 18.3. The second-order valence-corrected chi connectivity index (χ2v) is 6.78. The van der Waals surface area contributed by atoms with Crippen LogP contribution in [0, 0.1) is 0 Å². The van der Waals surface area contributed by atoms with Gasteiger partial charge in [-0.2, -0.15) is 0 Å². The van der Waals surface area contributed by atoms with E-state index in [1.54, 1.807) is 11.0 Å². The molecular formula is C20H21ClN2O3. The highest BCUT2D eigenvalue weighted by Crippen LogP contribution is 2.26. The summed E-state index contributed by atoms with van der Waals surface area (Å²) in [6, 6.07) is 12.2. The minimum atomic E-state index is -0.230. The number of halogens is 1. The van der Waals surface area contributed by atoms with Crippen LogP contribution in [0.3, 0.4) is 0 Å². The Morgan fingerprint density at radius 3 is 2.50 bits per heavy atom. The van der Waals surface area contributed by atoms with Crippen LogP contribution in [0.4, 0.5) is 5.69 Å². The smallest absolute Gasteiger partial charge is 0.254 e. The van der Waals surface area contributed by atoms with Gasteiger partial charge in [-0.1, -0.05) is 23.7 Å². The lowest BCUT2D eigenvalue weighted by Gasteiger charge is -2.24. The normalized spacial score (nSPS) is 14.8. The number of ketones is 1. The Kier molecular flexibility index (Phi) is 5.47. The zero-order valence-electron chi connectivity index (χ0n) is 14.6. The van der Waals surface area contributed by atoms with Crippen LogP contribution in [0.2, 0.25) is 5.02 Å². The molecule has 0 aromatic heterocycles. The van der Waals surface area contributed by atoms with Crippen LogP contribution in [-0.2, 0) is 0 Å². The van der Waals surface area contributed by atoms with Gasteiger partial charge in [0, 0.05) is 31.7 Å². The summed E-state index contributed by atoms with van der Waals surface area (Å²) in [6.07, 6.45) is 0.828. The third-order valence-electron chi connectivity index (χ3n) is 4.60. The molecule has 2 aromatic carbocycles. The Morgan fingerprint density at radius 2 is 1.81 bits per heavy atom. The molecule has 0 saturated carbocycles. The number of hydrogen-bond donors (Lipinski definition) is 1. The van der Waals surface area contributed by atoms with E-state index in [1.165, 1.54) is 19.1 Å².